The van der Waals surface area contributed by atoms with Crippen molar-refractivity contribution in [3.8, 4) is 16.9 Å². The van der Waals surface area contributed by atoms with Crippen LogP contribution in [0.5, 0.6) is 5.75 Å². The fourth-order valence-electron chi connectivity index (χ4n) is 3.21. The van der Waals surface area contributed by atoms with Gasteiger partial charge < -0.3 is 4.74 Å². The van der Waals surface area contributed by atoms with E-state index in [0.717, 1.165) is 23.4 Å². The molecule has 1 aliphatic heterocycles. The summed E-state index contributed by atoms with van der Waals surface area (Å²) in [6.07, 6.45) is 5.27. The predicted octanol–water partition coefficient (Wildman–Crippen LogP) is 4.54. The highest BCUT2D eigenvalue weighted by Crippen LogP contribution is 2.25. The number of halogens is 1. The Morgan fingerprint density at radius 1 is 0.846 bits per heavy atom. The van der Waals surface area contributed by atoms with Crippen LogP contribution in [-0.4, -0.2) is 39.6 Å². The van der Waals surface area contributed by atoms with E-state index in [1.54, 1.807) is 12.1 Å². The van der Waals surface area contributed by atoms with Gasteiger partial charge in [0.25, 0.3) is 9.05 Å². The predicted molar refractivity (Wildman–Crippen MR) is 105 cm³/mol. The Morgan fingerprint density at radius 2 is 1.38 bits per heavy atom. The van der Waals surface area contributed by atoms with E-state index < -0.39 is 9.05 Å². The van der Waals surface area contributed by atoms with Gasteiger partial charge in [0.15, 0.2) is 0 Å². The third-order valence-corrected chi connectivity index (χ3v) is 6.07. The third kappa shape index (κ3) is 5.47. The molecule has 0 saturated carbocycles. The molecule has 0 N–H and O–H groups in total. The summed E-state index contributed by atoms with van der Waals surface area (Å²) in [6.45, 7) is 4.02. The summed E-state index contributed by atoms with van der Waals surface area (Å²) in [5.41, 5.74) is 1.94. The molecule has 0 unspecified atom stereocenters. The van der Waals surface area contributed by atoms with Crippen LogP contribution in [0.4, 0.5) is 0 Å². The second kappa shape index (κ2) is 8.89. The lowest BCUT2D eigenvalue weighted by molar-refractivity contribution is 0.214. The Bertz CT molecular complexity index is 796. The molecule has 1 fully saturated rings. The van der Waals surface area contributed by atoms with Gasteiger partial charge in [0, 0.05) is 17.2 Å². The molecule has 0 radical (unpaired) electrons. The minimum absolute atomic E-state index is 0.108. The van der Waals surface area contributed by atoms with Crippen LogP contribution in [0.3, 0.4) is 0 Å². The molecule has 140 valence electrons. The molecular formula is C20H24ClNO3S. The number of likely N-dealkylation sites (tertiary alicyclic amines) is 1. The first-order valence-electron chi connectivity index (χ1n) is 9.03. The number of benzene rings is 2. The Balaban J connectivity index is 1.54. The highest BCUT2D eigenvalue weighted by atomic mass is 35.7. The zero-order chi connectivity index (χ0) is 18.4. The van der Waals surface area contributed by atoms with Gasteiger partial charge in [0.2, 0.25) is 0 Å². The number of ether oxygens (including phenoxy) is 1. The highest BCUT2D eigenvalue weighted by molar-refractivity contribution is 8.13. The third-order valence-electron chi connectivity index (χ3n) is 4.70. The van der Waals surface area contributed by atoms with E-state index in [9.17, 15) is 8.42 Å². The van der Waals surface area contributed by atoms with Crippen molar-refractivity contribution in [3.63, 3.8) is 0 Å². The Labute approximate surface area is 160 Å². The lowest BCUT2D eigenvalue weighted by Crippen LogP contribution is -2.29. The molecule has 26 heavy (non-hydrogen) atoms. The van der Waals surface area contributed by atoms with Gasteiger partial charge in [-0.25, -0.2) is 8.42 Å². The molecule has 0 aliphatic carbocycles. The molecule has 1 heterocycles. The molecular weight excluding hydrogens is 370 g/mol. The summed E-state index contributed by atoms with van der Waals surface area (Å²) >= 11 is 0. The molecule has 0 bridgehead atoms. The van der Waals surface area contributed by atoms with Gasteiger partial charge in [-0.2, -0.15) is 0 Å². The van der Waals surface area contributed by atoms with Crippen molar-refractivity contribution in [2.45, 2.75) is 30.6 Å². The van der Waals surface area contributed by atoms with Crippen LogP contribution >= 0.6 is 10.7 Å². The summed E-state index contributed by atoms with van der Waals surface area (Å²) in [4.78, 5) is 2.59. The normalized spacial score (nSPS) is 16.2. The van der Waals surface area contributed by atoms with Gasteiger partial charge in [0.1, 0.15) is 12.4 Å². The Hall–Kier alpha value is -1.56. The van der Waals surface area contributed by atoms with Gasteiger partial charge in [-0.05, 0) is 61.3 Å². The molecule has 4 nitrogen and oxygen atoms in total. The Kier molecular flexibility index (Phi) is 6.57. The van der Waals surface area contributed by atoms with Crippen LogP contribution in [0.1, 0.15) is 25.7 Å². The molecule has 1 saturated heterocycles. The number of rotatable bonds is 6. The molecule has 2 aromatic carbocycles. The van der Waals surface area contributed by atoms with E-state index in [1.807, 2.05) is 24.3 Å². The van der Waals surface area contributed by atoms with E-state index in [0.29, 0.717) is 6.61 Å². The first kappa shape index (κ1) is 19.2. The molecule has 6 heteroatoms. The fourth-order valence-corrected chi connectivity index (χ4v) is 3.98. The van der Waals surface area contributed by atoms with Gasteiger partial charge >= 0.3 is 0 Å². The van der Waals surface area contributed by atoms with Crippen molar-refractivity contribution in [3.05, 3.63) is 48.5 Å². The standard InChI is InChI=1S/C20H24ClNO3S/c21-26(23,24)20-11-7-18(8-12-20)17-5-9-19(10-6-17)25-16-15-22-13-3-1-2-4-14-22/h5-12H,1-4,13-16H2. The molecule has 0 atom stereocenters. The van der Waals surface area contributed by atoms with Crippen molar-refractivity contribution < 1.29 is 13.2 Å². The van der Waals surface area contributed by atoms with E-state index in [-0.39, 0.29) is 4.90 Å². The quantitative estimate of drug-likeness (QED) is 0.676. The van der Waals surface area contributed by atoms with Crippen LogP contribution in [-0.2, 0) is 9.05 Å². The van der Waals surface area contributed by atoms with E-state index in [4.69, 9.17) is 15.4 Å². The van der Waals surface area contributed by atoms with Gasteiger partial charge in [0.05, 0.1) is 4.90 Å². The lowest BCUT2D eigenvalue weighted by Gasteiger charge is -2.19. The van der Waals surface area contributed by atoms with Crippen LogP contribution < -0.4 is 4.74 Å². The van der Waals surface area contributed by atoms with Crippen molar-refractivity contribution in [2.24, 2.45) is 0 Å². The zero-order valence-corrected chi connectivity index (χ0v) is 16.3. The monoisotopic (exact) mass is 393 g/mol. The summed E-state index contributed by atoms with van der Waals surface area (Å²) in [7, 11) is 1.66. The molecule has 0 amide bonds. The number of nitrogens with zero attached hydrogens (tertiary/aromatic N) is 1. The SMILES string of the molecule is O=S(=O)(Cl)c1ccc(-c2ccc(OCCN3CCCCCC3)cc2)cc1. The molecule has 0 spiro atoms. The molecule has 3 rings (SSSR count). The Morgan fingerprint density at radius 3 is 1.92 bits per heavy atom. The zero-order valence-electron chi connectivity index (χ0n) is 14.7. The van der Waals surface area contributed by atoms with Crippen LogP contribution in [0.25, 0.3) is 11.1 Å². The minimum atomic E-state index is -3.68. The largest absolute Gasteiger partial charge is 0.492 e. The van der Waals surface area contributed by atoms with Crippen molar-refractivity contribution in [1.29, 1.82) is 0 Å². The topological polar surface area (TPSA) is 46.6 Å². The molecule has 2 aromatic rings. The van der Waals surface area contributed by atoms with Crippen molar-refractivity contribution in [2.75, 3.05) is 26.2 Å². The van der Waals surface area contributed by atoms with Gasteiger partial charge in [-0.15, -0.1) is 0 Å². The maximum Gasteiger partial charge on any atom is 0.261 e. The van der Waals surface area contributed by atoms with E-state index >= 15 is 0 Å². The summed E-state index contributed by atoms with van der Waals surface area (Å²) < 4.78 is 28.5. The van der Waals surface area contributed by atoms with Crippen molar-refractivity contribution in [1.82, 2.24) is 4.90 Å². The first-order valence-corrected chi connectivity index (χ1v) is 11.3. The second-order valence-electron chi connectivity index (χ2n) is 6.59. The number of hydrogen-bond acceptors (Lipinski definition) is 4. The van der Waals surface area contributed by atoms with Crippen LogP contribution in [0, 0.1) is 0 Å². The molecule has 1 aliphatic rings. The molecule has 0 aromatic heterocycles. The summed E-state index contributed by atoms with van der Waals surface area (Å²) in [6, 6.07) is 14.4. The van der Waals surface area contributed by atoms with Gasteiger partial charge in [-0.3, -0.25) is 4.90 Å². The smallest absolute Gasteiger partial charge is 0.261 e. The maximum atomic E-state index is 11.3. The van der Waals surface area contributed by atoms with Crippen molar-refractivity contribution >= 4 is 19.7 Å². The van der Waals surface area contributed by atoms with E-state index in [1.165, 1.54) is 50.9 Å². The summed E-state index contributed by atoms with van der Waals surface area (Å²) in [5, 5.41) is 0. The lowest BCUT2D eigenvalue weighted by atomic mass is 10.1. The van der Waals surface area contributed by atoms with Crippen LogP contribution in [0.2, 0.25) is 0 Å². The number of hydrogen-bond donors (Lipinski definition) is 0. The average molecular weight is 394 g/mol. The second-order valence-corrected chi connectivity index (χ2v) is 9.16. The van der Waals surface area contributed by atoms with E-state index in [2.05, 4.69) is 4.90 Å². The highest BCUT2D eigenvalue weighted by Gasteiger charge is 2.10. The van der Waals surface area contributed by atoms with Gasteiger partial charge in [-0.1, -0.05) is 37.1 Å². The average Bonchev–Trinajstić information content (AvgIpc) is 2.91. The van der Waals surface area contributed by atoms with Crippen LogP contribution in [0.15, 0.2) is 53.4 Å². The minimum Gasteiger partial charge on any atom is -0.492 e. The maximum absolute atomic E-state index is 11.3. The first-order chi connectivity index (χ1) is 12.5. The summed E-state index contributed by atoms with van der Waals surface area (Å²) in [5.74, 6) is 0.850. The fraction of sp³-hybridized carbons (Fsp3) is 0.400.